The maximum atomic E-state index is 11.6. The summed E-state index contributed by atoms with van der Waals surface area (Å²) in [7, 11) is 0. The largest absolute Gasteiger partial charge is 0.311 e. The Kier molecular flexibility index (Phi) is 6.87. The summed E-state index contributed by atoms with van der Waals surface area (Å²) < 4.78 is 23.2. The second-order valence-electron chi connectivity index (χ2n) is 2.63. The molecule has 0 radical (unpaired) electrons. The SMILES string of the molecule is CC(CCCl)CNCC(F)F. The maximum absolute atomic E-state index is 11.6. The molecule has 0 aliphatic carbocycles. The molecule has 0 aromatic heterocycles. The van der Waals surface area contributed by atoms with Crippen molar-refractivity contribution in [1.82, 2.24) is 5.32 Å². The van der Waals surface area contributed by atoms with Crippen molar-refractivity contribution in [1.29, 1.82) is 0 Å². The van der Waals surface area contributed by atoms with Crippen molar-refractivity contribution < 1.29 is 8.78 Å². The van der Waals surface area contributed by atoms with Crippen molar-refractivity contribution in [3.8, 4) is 0 Å². The van der Waals surface area contributed by atoms with Gasteiger partial charge in [0.05, 0.1) is 6.54 Å². The Labute approximate surface area is 71.1 Å². The van der Waals surface area contributed by atoms with E-state index in [1.54, 1.807) is 0 Å². The molecule has 0 saturated heterocycles. The van der Waals surface area contributed by atoms with Gasteiger partial charge >= 0.3 is 0 Å². The van der Waals surface area contributed by atoms with Crippen LogP contribution in [0.25, 0.3) is 0 Å². The lowest BCUT2D eigenvalue weighted by molar-refractivity contribution is 0.144. The van der Waals surface area contributed by atoms with Crippen LogP contribution >= 0.6 is 11.6 Å². The molecule has 0 spiro atoms. The molecule has 0 amide bonds. The lowest BCUT2D eigenvalue weighted by atomic mass is 10.1. The Hall–Kier alpha value is 0.110. The first-order chi connectivity index (χ1) is 5.16. The number of rotatable bonds is 6. The third-order valence-corrected chi connectivity index (χ3v) is 1.61. The molecule has 11 heavy (non-hydrogen) atoms. The Bertz CT molecular complexity index is 90.5. The molecule has 0 aliphatic rings. The van der Waals surface area contributed by atoms with E-state index >= 15 is 0 Å². The van der Waals surface area contributed by atoms with Gasteiger partial charge in [-0.25, -0.2) is 8.78 Å². The molecule has 68 valence electrons. The molecular weight excluding hydrogens is 172 g/mol. The van der Waals surface area contributed by atoms with Crippen LogP contribution in [0.4, 0.5) is 8.78 Å². The molecule has 0 aromatic carbocycles. The molecule has 1 unspecified atom stereocenters. The highest BCUT2D eigenvalue weighted by Crippen LogP contribution is 2.01. The van der Waals surface area contributed by atoms with E-state index in [-0.39, 0.29) is 6.54 Å². The molecule has 0 saturated carbocycles. The van der Waals surface area contributed by atoms with Gasteiger partial charge in [0.1, 0.15) is 0 Å². The van der Waals surface area contributed by atoms with Gasteiger partial charge in [-0.15, -0.1) is 11.6 Å². The molecular formula is C7H14ClF2N. The second-order valence-corrected chi connectivity index (χ2v) is 3.01. The van der Waals surface area contributed by atoms with Gasteiger partial charge in [0, 0.05) is 5.88 Å². The number of alkyl halides is 3. The summed E-state index contributed by atoms with van der Waals surface area (Å²) in [5.41, 5.74) is 0. The topological polar surface area (TPSA) is 12.0 Å². The lowest BCUT2D eigenvalue weighted by Gasteiger charge is -2.09. The molecule has 0 heterocycles. The number of nitrogens with one attached hydrogen (secondary N) is 1. The molecule has 0 fully saturated rings. The van der Waals surface area contributed by atoms with E-state index in [4.69, 9.17) is 11.6 Å². The van der Waals surface area contributed by atoms with Crippen molar-refractivity contribution in [2.75, 3.05) is 19.0 Å². The van der Waals surface area contributed by atoms with Gasteiger partial charge < -0.3 is 5.32 Å². The van der Waals surface area contributed by atoms with Gasteiger partial charge in [-0.1, -0.05) is 6.92 Å². The average molecular weight is 186 g/mol. The Morgan fingerprint density at radius 2 is 2.00 bits per heavy atom. The second kappa shape index (κ2) is 6.80. The third-order valence-electron chi connectivity index (χ3n) is 1.39. The van der Waals surface area contributed by atoms with Crippen LogP contribution in [0.1, 0.15) is 13.3 Å². The third kappa shape index (κ3) is 8.01. The number of hydrogen-bond acceptors (Lipinski definition) is 1. The molecule has 1 atom stereocenters. The van der Waals surface area contributed by atoms with E-state index in [0.717, 1.165) is 6.42 Å². The summed E-state index contributed by atoms with van der Waals surface area (Å²) in [6.07, 6.45) is -1.38. The van der Waals surface area contributed by atoms with Crippen molar-refractivity contribution in [3.63, 3.8) is 0 Å². The average Bonchev–Trinajstić information content (AvgIpc) is 1.87. The van der Waals surface area contributed by atoms with Crippen LogP contribution in [-0.4, -0.2) is 25.4 Å². The van der Waals surface area contributed by atoms with Crippen molar-refractivity contribution in [2.24, 2.45) is 5.92 Å². The van der Waals surface area contributed by atoms with E-state index in [2.05, 4.69) is 5.32 Å². The predicted octanol–water partition coefficient (Wildman–Crippen LogP) is 2.11. The van der Waals surface area contributed by atoms with Crippen molar-refractivity contribution in [3.05, 3.63) is 0 Å². The number of hydrogen-bond donors (Lipinski definition) is 1. The number of halogens is 3. The lowest BCUT2D eigenvalue weighted by Crippen LogP contribution is -2.26. The van der Waals surface area contributed by atoms with Crippen LogP contribution in [0.15, 0.2) is 0 Å². The summed E-state index contributed by atoms with van der Waals surface area (Å²) in [6.45, 7) is 2.39. The van der Waals surface area contributed by atoms with Crippen LogP contribution in [-0.2, 0) is 0 Å². The fourth-order valence-electron chi connectivity index (χ4n) is 0.727. The highest BCUT2D eigenvalue weighted by Gasteiger charge is 2.03. The normalized spacial score (nSPS) is 13.9. The highest BCUT2D eigenvalue weighted by molar-refractivity contribution is 6.17. The maximum Gasteiger partial charge on any atom is 0.250 e. The van der Waals surface area contributed by atoms with Gasteiger partial charge in [0.2, 0.25) is 0 Å². The van der Waals surface area contributed by atoms with Crippen molar-refractivity contribution >= 4 is 11.6 Å². The standard InChI is InChI=1S/C7H14ClF2N/c1-6(2-3-8)4-11-5-7(9)10/h6-7,11H,2-5H2,1H3. The van der Waals surface area contributed by atoms with Crippen LogP contribution in [0.5, 0.6) is 0 Å². The quantitative estimate of drug-likeness (QED) is 0.625. The highest BCUT2D eigenvalue weighted by atomic mass is 35.5. The molecule has 0 rings (SSSR count). The van der Waals surface area contributed by atoms with Crippen LogP contribution in [0.3, 0.4) is 0 Å². The Balaban J connectivity index is 3.10. The van der Waals surface area contributed by atoms with E-state index in [1.807, 2.05) is 6.92 Å². The smallest absolute Gasteiger partial charge is 0.250 e. The van der Waals surface area contributed by atoms with E-state index < -0.39 is 6.43 Å². The minimum absolute atomic E-state index is 0.216. The minimum atomic E-state index is -2.25. The fraction of sp³-hybridized carbons (Fsp3) is 1.00. The molecule has 4 heteroatoms. The van der Waals surface area contributed by atoms with E-state index in [0.29, 0.717) is 18.3 Å². The van der Waals surface area contributed by atoms with E-state index in [1.165, 1.54) is 0 Å². The molecule has 0 bridgehead atoms. The Morgan fingerprint density at radius 1 is 1.36 bits per heavy atom. The van der Waals surface area contributed by atoms with Crippen LogP contribution < -0.4 is 5.32 Å². The molecule has 1 N–H and O–H groups in total. The fourth-order valence-corrected chi connectivity index (χ4v) is 1.10. The van der Waals surface area contributed by atoms with Crippen LogP contribution in [0.2, 0.25) is 0 Å². The molecule has 0 aromatic rings. The minimum Gasteiger partial charge on any atom is -0.311 e. The van der Waals surface area contributed by atoms with Gasteiger partial charge in [0.15, 0.2) is 0 Å². The van der Waals surface area contributed by atoms with Gasteiger partial charge in [-0.2, -0.15) is 0 Å². The Morgan fingerprint density at radius 3 is 2.45 bits per heavy atom. The first-order valence-electron chi connectivity index (χ1n) is 3.71. The zero-order chi connectivity index (χ0) is 8.69. The molecule has 0 aliphatic heterocycles. The monoisotopic (exact) mass is 185 g/mol. The summed E-state index contributed by atoms with van der Waals surface area (Å²) in [5, 5.41) is 2.66. The van der Waals surface area contributed by atoms with Gasteiger partial charge in [-0.3, -0.25) is 0 Å². The van der Waals surface area contributed by atoms with Gasteiger partial charge in [0.25, 0.3) is 6.43 Å². The predicted molar refractivity (Wildman–Crippen MR) is 43.4 cm³/mol. The van der Waals surface area contributed by atoms with Crippen LogP contribution in [0, 0.1) is 5.92 Å². The first kappa shape index (κ1) is 11.1. The van der Waals surface area contributed by atoms with E-state index in [9.17, 15) is 8.78 Å². The summed E-state index contributed by atoms with van der Waals surface area (Å²) in [4.78, 5) is 0. The zero-order valence-electron chi connectivity index (χ0n) is 6.62. The molecule has 1 nitrogen and oxygen atoms in total. The van der Waals surface area contributed by atoms with Crippen molar-refractivity contribution in [2.45, 2.75) is 19.8 Å². The summed E-state index contributed by atoms with van der Waals surface area (Å²) >= 11 is 5.46. The first-order valence-corrected chi connectivity index (χ1v) is 4.25. The summed E-state index contributed by atoms with van der Waals surface area (Å²) in [6, 6.07) is 0. The zero-order valence-corrected chi connectivity index (χ0v) is 7.37. The van der Waals surface area contributed by atoms with Gasteiger partial charge in [-0.05, 0) is 18.9 Å². The summed E-state index contributed by atoms with van der Waals surface area (Å²) in [5.74, 6) is 0.976.